The maximum atomic E-state index is 13.3. The van der Waals surface area contributed by atoms with E-state index in [1.54, 1.807) is 0 Å². The van der Waals surface area contributed by atoms with Gasteiger partial charge in [0.05, 0.1) is 0 Å². The smallest absolute Gasteiger partial charge is 0.325 e. The van der Waals surface area contributed by atoms with Gasteiger partial charge in [0.25, 0.3) is 0 Å². The summed E-state index contributed by atoms with van der Waals surface area (Å²) >= 11 is 5.79. The van der Waals surface area contributed by atoms with Gasteiger partial charge in [0.1, 0.15) is 11.9 Å². The number of piperidine rings is 1. The summed E-state index contributed by atoms with van der Waals surface area (Å²) in [6.45, 7) is 1.45. The van der Waals surface area contributed by atoms with E-state index in [1.807, 2.05) is 4.90 Å². The second-order valence-electron chi connectivity index (χ2n) is 4.54. The lowest BCUT2D eigenvalue weighted by Gasteiger charge is -2.32. The Labute approximate surface area is 110 Å². The molecular formula is C13H15ClFNO2. The predicted octanol–water partition coefficient (Wildman–Crippen LogP) is 3.09. The molecule has 1 atom stereocenters. The third-order valence-corrected chi connectivity index (χ3v) is 3.41. The molecule has 0 bridgehead atoms. The lowest BCUT2D eigenvalue weighted by atomic mass is 10.0. The van der Waals surface area contributed by atoms with Crippen molar-refractivity contribution in [3.8, 4) is 0 Å². The maximum Gasteiger partial charge on any atom is 0.325 e. The van der Waals surface area contributed by atoms with Gasteiger partial charge >= 0.3 is 5.97 Å². The van der Waals surface area contributed by atoms with Crippen molar-refractivity contribution in [3.63, 3.8) is 0 Å². The number of likely N-dealkylation sites (tertiary alicyclic amines) is 1. The van der Waals surface area contributed by atoms with Crippen molar-refractivity contribution in [1.82, 2.24) is 4.90 Å². The largest absolute Gasteiger partial charge is 0.480 e. The van der Waals surface area contributed by atoms with E-state index in [0.29, 0.717) is 5.56 Å². The third kappa shape index (κ3) is 3.00. The van der Waals surface area contributed by atoms with Crippen molar-refractivity contribution < 1.29 is 14.3 Å². The first-order chi connectivity index (χ1) is 8.58. The van der Waals surface area contributed by atoms with Crippen molar-refractivity contribution in [2.45, 2.75) is 25.3 Å². The number of rotatable bonds is 3. The van der Waals surface area contributed by atoms with Gasteiger partial charge in [-0.05, 0) is 49.7 Å². The molecule has 0 aliphatic carbocycles. The highest BCUT2D eigenvalue weighted by Crippen LogP contribution is 2.27. The van der Waals surface area contributed by atoms with Crippen LogP contribution in [-0.4, -0.2) is 29.1 Å². The van der Waals surface area contributed by atoms with E-state index >= 15 is 0 Å². The van der Waals surface area contributed by atoms with Crippen LogP contribution in [-0.2, 0) is 4.79 Å². The lowest BCUT2D eigenvalue weighted by molar-refractivity contribution is -0.144. The molecule has 1 aliphatic heterocycles. The number of carboxylic acids is 1. The molecule has 0 amide bonds. The molecule has 98 valence electrons. The molecule has 18 heavy (non-hydrogen) atoms. The van der Waals surface area contributed by atoms with Crippen LogP contribution in [0.25, 0.3) is 0 Å². The van der Waals surface area contributed by atoms with E-state index in [1.165, 1.54) is 18.2 Å². The van der Waals surface area contributed by atoms with E-state index in [4.69, 9.17) is 11.6 Å². The molecule has 0 aromatic heterocycles. The molecule has 0 saturated carbocycles. The maximum absolute atomic E-state index is 13.3. The van der Waals surface area contributed by atoms with Gasteiger partial charge in [-0.3, -0.25) is 9.69 Å². The van der Waals surface area contributed by atoms with Crippen LogP contribution in [0.2, 0.25) is 5.02 Å². The number of benzene rings is 1. The number of halogens is 2. The minimum atomic E-state index is -0.960. The fourth-order valence-electron chi connectivity index (χ4n) is 2.42. The van der Waals surface area contributed by atoms with Crippen molar-refractivity contribution in [1.29, 1.82) is 0 Å². The number of aliphatic carboxylic acids is 1. The Morgan fingerprint density at radius 2 is 1.94 bits per heavy atom. The van der Waals surface area contributed by atoms with E-state index in [0.717, 1.165) is 32.4 Å². The van der Waals surface area contributed by atoms with Gasteiger partial charge in [-0.25, -0.2) is 4.39 Å². The van der Waals surface area contributed by atoms with Gasteiger partial charge in [-0.2, -0.15) is 0 Å². The quantitative estimate of drug-likeness (QED) is 0.918. The number of hydrogen-bond acceptors (Lipinski definition) is 2. The molecule has 3 nitrogen and oxygen atoms in total. The lowest BCUT2D eigenvalue weighted by Crippen LogP contribution is -2.37. The van der Waals surface area contributed by atoms with Crippen molar-refractivity contribution >= 4 is 17.6 Å². The third-order valence-electron chi connectivity index (χ3n) is 3.19. The highest BCUT2D eigenvalue weighted by molar-refractivity contribution is 6.30. The summed E-state index contributed by atoms with van der Waals surface area (Å²) in [5.74, 6) is -1.46. The van der Waals surface area contributed by atoms with E-state index in [-0.39, 0.29) is 5.02 Å². The van der Waals surface area contributed by atoms with Gasteiger partial charge in [-0.15, -0.1) is 0 Å². The molecule has 2 rings (SSSR count). The number of nitrogens with zero attached hydrogens (tertiary/aromatic N) is 1. The minimum absolute atomic E-state index is 0.230. The number of carboxylic acid groups (broad SMARTS) is 1. The zero-order valence-electron chi connectivity index (χ0n) is 9.90. The standard InChI is InChI=1S/C13H15ClFNO2/c14-10-6-9(7-11(15)8-10)12(13(17)18)16-4-2-1-3-5-16/h6-8,12H,1-5H2,(H,17,18). The first kappa shape index (κ1) is 13.3. The fraction of sp³-hybridized carbons (Fsp3) is 0.462. The van der Waals surface area contributed by atoms with Crippen LogP contribution < -0.4 is 0 Å². The summed E-state index contributed by atoms with van der Waals surface area (Å²) in [5.41, 5.74) is 0.411. The Bertz CT molecular complexity index is 426. The van der Waals surface area contributed by atoms with E-state index in [2.05, 4.69) is 0 Å². The summed E-state index contributed by atoms with van der Waals surface area (Å²) in [5, 5.41) is 9.58. The zero-order valence-corrected chi connectivity index (χ0v) is 10.7. The van der Waals surface area contributed by atoms with Crippen LogP contribution in [0.1, 0.15) is 30.9 Å². The second-order valence-corrected chi connectivity index (χ2v) is 4.98. The van der Waals surface area contributed by atoms with Gasteiger partial charge in [0, 0.05) is 5.02 Å². The molecule has 1 aliphatic rings. The second kappa shape index (κ2) is 5.67. The van der Waals surface area contributed by atoms with E-state index in [9.17, 15) is 14.3 Å². The monoisotopic (exact) mass is 271 g/mol. The Hall–Kier alpha value is -1.13. The molecule has 1 N–H and O–H groups in total. The van der Waals surface area contributed by atoms with Gasteiger partial charge in [0.15, 0.2) is 0 Å². The number of carbonyl (C=O) groups is 1. The van der Waals surface area contributed by atoms with Crippen LogP contribution in [0.15, 0.2) is 18.2 Å². The molecule has 1 aromatic carbocycles. The highest BCUT2D eigenvalue weighted by atomic mass is 35.5. The molecule has 0 radical (unpaired) electrons. The zero-order chi connectivity index (χ0) is 13.1. The van der Waals surface area contributed by atoms with Crippen LogP contribution in [0, 0.1) is 5.82 Å². The molecule has 5 heteroatoms. The average Bonchev–Trinajstić information content (AvgIpc) is 2.28. The first-order valence-corrected chi connectivity index (χ1v) is 6.38. The normalized spacial score (nSPS) is 18.6. The summed E-state index contributed by atoms with van der Waals surface area (Å²) < 4.78 is 13.3. The summed E-state index contributed by atoms with van der Waals surface area (Å²) in [4.78, 5) is 13.3. The van der Waals surface area contributed by atoms with Crippen LogP contribution in [0.5, 0.6) is 0 Å². The van der Waals surface area contributed by atoms with Gasteiger partial charge < -0.3 is 5.11 Å². The van der Waals surface area contributed by atoms with Crippen molar-refractivity contribution in [2.24, 2.45) is 0 Å². The SMILES string of the molecule is O=C(O)C(c1cc(F)cc(Cl)c1)N1CCCCC1. The van der Waals surface area contributed by atoms with E-state index < -0.39 is 17.8 Å². The molecule has 0 spiro atoms. The molecule has 1 unspecified atom stereocenters. The van der Waals surface area contributed by atoms with Crippen molar-refractivity contribution in [2.75, 3.05) is 13.1 Å². The van der Waals surface area contributed by atoms with Gasteiger partial charge in [0.2, 0.25) is 0 Å². The van der Waals surface area contributed by atoms with Crippen LogP contribution >= 0.6 is 11.6 Å². The first-order valence-electron chi connectivity index (χ1n) is 6.01. The fourth-order valence-corrected chi connectivity index (χ4v) is 2.65. The molecular weight excluding hydrogens is 257 g/mol. The molecule has 1 aromatic rings. The minimum Gasteiger partial charge on any atom is -0.480 e. The number of hydrogen-bond donors (Lipinski definition) is 1. The Balaban J connectivity index is 2.31. The summed E-state index contributed by atoms with van der Waals surface area (Å²) in [6.07, 6.45) is 3.08. The van der Waals surface area contributed by atoms with Crippen LogP contribution in [0.3, 0.4) is 0 Å². The Morgan fingerprint density at radius 3 is 2.50 bits per heavy atom. The topological polar surface area (TPSA) is 40.5 Å². The Kier molecular flexibility index (Phi) is 4.19. The average molecular weight is 272 g/mol. The molecule has 1 heterocycles. The van der Waals surface area contributed by atoms with Crippen molar-refractivity contribution in [3.05, 3.63) is 34.6 Å². The highest BCUT2D eigenvalue weighted by Gasteiger charge is 2.28. The summed E-state index contributed by atoms with van der Waals surface area (Å²) in [6, 6.07) is 3.15. The van der Waals surface area contributed by atoms with Crippen LogP contribution in [0.4, 0.5) is 4.39 Å². The summed E-state index contributed by atoms with van der Waals surface area (Å²) in [7, 11) is 0. The predicted molar refractivity (Wildman–Crippen MR) is 67.2 cm³/mol. The molecule has 1 saturated heterocycles. The van der Waals surface area contributed by atoms with Gasteiger partial charge in [-0.1, -0.05) is 18.0 Å². The molecule has 1 fully saturated rings. The Morgan fingerprint density at radius 1 is 1.28 bits per heavy atom.